The third-order valence-electron chi connectivity index (χ3n) is 4.92. The molecule has 2 aliphatic rings. The highest BCUT2D eigenvalue weighted by atomic mass is 16.5. The molecule has 0 aromatic heterocycles. The van der Waals surface area contributed by atoms with E-state index in [1.807, 2.05) is 42.5 Å². The van der Waals surface area contributed by atoms with Gasteiger partial charge in [-0.2, -0.15) is 5.26 Å². The number of carbonyl (C=O) groups excluding carboxylic acids is 1. The van der Waals surface area contributed by atoms with Gasteiger partial charge in [0.25, 0.3) is 0 Å². The first-order valence-electron chi connectivity index (χ1n) is 9.59. The Morgan fingerprint density at radius 1 is 1.30 bits per heavy atom. The van der Waals surface area contributed by atoms with Gasteiger partial charge in [0.2, 0.25) is 5.57 Å². The van der Waals surface area contributed by atoms with Crippen LogP contribution in [0.3, 0.4) is 0 Å². The summed E-state index contributed by atoms with van der Waals surface area (Å²) in [5.74, 6) is 1.38. The van der Waals surface area contributed by atoms with Crippen molar-refractivity contribution in [1.29, 1.82) is 5.26 Å². The van der Waals surface area contributed by atoms with E-state index in [1.54, 1.807) is 6.92 Å². The number of rotatable bonds is 2. The highest BCUT2D eigenvalue weighted by Crippen LogP contribution is 2.39. The van der Waals surface area contributed by atoms with E-state index < -0.39 is 5.92 Å². The molecule has 0 aliphatic carbocycles. The first kappa shape index (κ1) is 22.8. The lowest BCUT2D eigenvalue weighted by Gasteiger charge is -2.31. The van der Waals surface area contributed by atoms with Gasteiger partial charge in [0.05, 0.1) is 18.9 Å². The second-order valence-corrected chi connectivity index (χ2v) is 6.99. The molecule has 0 spiro atoms. The van der Waals surface area contributed by atoms with E-state index in [0.29, 0.717) is 11.3 Å². The number of carbonyl (C=O) groups is 1. The molecule has 1 aromatic carbocycles. The molecule has 2 heterocycles. The maximum absolute atomic E-state index is 12.1. The van der Waals surface area contributed by atoms with Gasteiger partial charge in [0.15, 0.2) is 5.78 Å². The SMILES string of the molecule is CC(=O)C1=C(C)N/C(=C(/C#N)C#[NH+])C(=C=[N-])C1c1ccccc1.CN1CCOCC1. The Morgan fingerprint density at radius 3 is 2.37 bits per heavy atom. The molecule has 0 bridgehead atoms. The lowest BCUT2D eigenvalue weighted by molar-refractivity contribution is -0.113. The van der Waals surface area contributed by atoms with Crippen LogP contribution in [0.15, 0.2) is 58.4 Å². The molecular weight excluding hydrogens is 378 g/mol. The number of ether oxygens (including phenoxy) is 1. The highest BCUT2D eigenvalue weighted by molar-refractivity contribution is 5.98. The van der Waals surface area contributed by atoms with Gasteiger partial charge in [-0.1, -0.05) is 35.6 Å². The number of allylic oxidation sites excluding steroid dienone is 4. The highest BCUT2D eigenvalue weighted by Gasteiger charge is 2.33. The second kappa shape index (κ2) is 10.9. The van der Waals surface area contributed by atoms with E-state index in [-0.39, 0.29) is 22.6 Å². The molecule has 1 aromatic rings. The van der Waals surface area contributed by atoms with Crippen LogP contribution in [0.2, 0.25) is 0 Å². The van der Waals surface area contributed by atoms with E-state index in [9.17, 15) is 15.5 Å². The molecule has 1 fully saturated rings. The summed E-state index contributed by atoms with van der Waals surface area (Å²) < 4.78 is 5.10. The standard InChI is InChI=1S/C18H13N4O.C5H11NO/c1-11-16(12(2)23)17(13-6-4-3-5-7-13)15(10-21)18(22-11)14(8-19)9-20;1-6-2-4-7-5-3-6/h3-7,17,22H,1-2H3;2-5H2,1H3/q-1;/p+1. The summed E-state index contributed by atoms with van der Waals surface area (Å²) in [6, 6.07) is 13.1. The van der Waals surface area contributed by atoms with Crippen molar-refractivity contribution < 1.29 is 14.8 Å². The Morgan fingerprint density at radius 2 is 1.93 bits per heavy atom. The van der Waals surface area contributed by atoms with Crippen molar-refractivity contribution in [2.75, 3.05) is 33.4 Å². The van der Waals surface area contributed by atoms with Gasteiger partial charge in [0, 0.05) is 35.9 Å². The molecule has 7 heteroatoms. The number of benzene rings is 1. The predicted molar refractivity (Wildman–Crippen MR) is 113 cm³/mol. The zero-order valence-corrected chi connectivity index (χ0v) is 17.5. The van der Waals surface area contributed by atoms with Crippen LogP contribution in [-0.2, 0) is 9.53 Å². The first-order valence-corrected chi connectivity index (χ1v) is 9.59. The summed E-state index contributed by atoms with van der Waals surface area (Å²) in [4.78, 5) is 14.4. The van der Waals surface area contributed by atoms with E-state index in [1.165, 1.54) is 6.92 Å². The Labute approximate surface area is 177 Å². The molecule has 3 rings (SSSR count). The van der Waals surface area contributed by atoms with Crippen molar-refractivity contribution in [2.24, 2.45) is 0 Å². The fraction of sp³-hybridized carbons (Fsp3) is 0.348. The van der Waals surface area contributed by atoms with Crippen LogP contribution in [0.5, 0.6) is 0 Å². The molecule has 30 heavy (non-hydrogen) atoms. The average Bonchev–Trinajstić information content (AvgIpc) is 2.75. The second-order valence-electron chi connectivity index (χ2n) is 6.99. The Hall–Kier alpha value is -3.48. The smallest absolute Gasteiger partial charge is 0.322 e. The summed E-state index contributed by atoms with van der Waals surface area (Å²) in [6.07, 6.45) is 0. The molecule has 2 aliphatic heterocycles. The summed E-state index contributed by atoms with van der Waals surface area (Å²) in [6.45, 7) is 7.20. The van der Waals surface area contributed by atoms with Crippen LogP contribution >= 0.6 is 0 Å². The fourth-order valence-corrected chi connectivity index (χ4v) is 3.39. The quantitative estimate of drug-likeness (QED) is 0.563. The number of hydrogen-bond acceptors (Lipinski definition) is 5. The van der Waals surface area contributed by atoms with Gasteiger partial charge < -0.3 is 20.4 Å². The van der Waals surface area contributed by atoms with E-state index in [0.717, 1.165) is 31.9 Å². The number of Topliss-reactive ketones (excluding diaryl/α,β-unsaturated/α-hetero) is 1. The lowest BCUT2D eigenvalue weighted by atomic mass is 9.78. The van der Waals surface area contributed by atoms with Gasteiger partial charge in [-0.25, -0.2) is 0 Å². The number of likely N-dealkylation sites (N-methyl/N-ethyl adjacent to an activating group) is 1. The number of nitrogens with one attached hydrogen (secondary N) is 2. The summed E-state index contributed by atoms with van der Waals surface area (Å²) >= 11 is 0. The van der Waals surface area contributed by atoms with Crippen LogP contribution < -0.4 is 10.6 Å². The van der Waals surface area contributed by atoms with E-state index in [2.05, 4.69) is 23.1 Å². The fourth-order valence-electron chi connectivity index (χ4n) is 3.39. The van der Waals surface area contributed by atoms with Crippen molar-refractivity contribution in [3.63, 3.8) is 0 Å². The topological polar surface area (TPSA) is 111 Å². The normalized spacial score (nSPS) is 20.6. The van der Waals surface area contributed by atoms with Crippen LogP contribution in [-0.4, -0.2) is 49.9 Å². The third-order valence-corrected chi connectivity index (χ3v) is 4.92. The first-order chi connectivity index (χ1) is 14.4. The van der Waals surface area contributed by atoms with Crippen molar-refractivity contribution in [3.8, 4) is 12.1 Å². The Kier molecular flexibility index (Phi) is 8.29. The Balaban J connectivity index is 0.000000386. The molecule has 2 N–H and O–H groups in total. The van der Waals surface area contributed by atoms with Gasteiger partial charge in [0.1, 0.15) is 6.07 Å². The molecule has 154 valence electrons. The van der Waals surface area contributed by atoms with E-state index >= 15 is 0 Å². The molecule has 1 unspecified atom stereocenters. The average molecular weight is 403 g/mol. The molecule has 1 atom stereocenters. The molecule has 1 saturated heterocycles. The van der Waals surface area contributed by atoms with Crippen LogP contribution in [0.1, 0.15) is 25.3 Å². The zero-order chi connectivity index (χ0) is 22.1. The molecule has 0 radical (unpaired) electrons. The van der Waals surface area contributed by atoms with Crippen LogP contribution in [0.25, 0.3) is 5.41 Å². The maximum Gasteiger partial charge on any atom is 0.322 e. The van der Waals surface area contributed by atoms with Crippen molar-refractivity contribution >= 4 is 11.7 Å². The molecular formula is C23H25N5O2. The zero-order valence-electron chi connectivity index (χ0n) is 17.5. The van der Waals surface area contributed by atoms with Crippen LogP contribution in [0, 0.1) is 17.4 Å². The van der Waals surface area contributed by atoms with Crippen LogP contribution in [0.4, 0.5) is 0 Å². The minimum absolute atomic E-state index is 0.0653. The summed E-state index contributed by atoms with van der Waals surface area (Å²) in [5, 5.41) is 29.0. The van der Waals surface area contributed by atoms with Crippen molar-refractivity contribution in [2.45, 2.75) is 19.8 Å². The number of nitrogens with zero attached hydrogens (tertiary/aromatic N) is 3. The van der Waals surface area contributed by atoms with Gasteiger partial charge >= 0.3 is 6.07 Å². The summed E-state index contributed by atoms with van der Waals surface area (Å²) in [7, 11) is 2.11. The number of ketones is 1. The van der Waals surface area contributed by atoms with E-state index in [4.69, 9.17) is 10.00 Å². The molecule has 0 amide bonds. The predicted octanol–water partition coefficient (Wildman–Crippen LogP) is 0.901. The largest absolute Gasteiger partial charge is 0.763 e. The monoisotopic (exact) mass is 403 g/mol. The summed E-state index contributed by atoms with van der Waals surface area (Å²) in [5.41, 5.74) is 2.26. The minimum atomic E-state index is -0.563. The van der Waals surface area contributed by atoms with Crippen molar-refractivity contribution in [1.82, 2.24) is 10.2 Å². The number of morpholine rings is 1. The van der Waals surface area contributed by atoms with Gasteiger partial charge in [-0.05, 0) is 26.5 Å². The van der Waals surface area contributed by atoms with Gasteiger partial charge in [-0.15, -0.1) is 0 Å². The molecule has 7 nitrogen and oxygen atoms in total. The molecule has 0 saturated carbocycles. The minimum Gasteiger partial charge on any atom is -0.763 e. The number of nitriles is 1. The third kappa shape index (κ3) is 5.31. The lowest BCUT2D eigenvalue weighted by Crippen LogP contribution is -2.32. The number of hydrogen-bond donors (Lipinski definition) is 2. The van der Waals surface area contributed by atoms with Gasteiger partial charge in [-0.3, -0.25) is 10.7 Å². The Bertz CT molecular complexity index is 967. The maximum atomic E-state index is 12.1. The van der Waals surface area contributed by atoms with Crippen molar-refractivity contribution in [3.05, 3.63) is 69.4 Å².